The number of amides is 1. The maximum absolute atomic E-state index is 12.7. The van der Waals surface area contributed by atoms with E-state index in [2.05, 4.69) is 19.2 Å². The molecule has 1 atom stereocenters. The maximum atomic E-state index is 12.7. The smallest absolute Gasteiger partial charge is 0.242 e. The van der Waals surface area contributed by atoms with E-state index in [1.807, 2.05) is 4.90 Å². The molecule has 0 saturated carbocycles. The highest BCUT2D eigenvalue weighted by Gasteiger charge is 2.41. The van der Waals surface area contributed by atoms with Gasteiger partial charge in [0, 0.05) is 13.1 Å². The molecule has 2 N–H and O–H groups in total. The third-order valence-electron chi connectivity index (χ3n) is 4.20. The molecule has 19 heavy (non-hydrogen) atoms. The van der Waals surface area contributed by atoms with Gasteiger partial charge in [-0.1, -0.05) is 33.1 Å². The van der Waals surface area contributed by atoms with Crippen LogP contribution in [0.4, 0.5) is 0 Å². The molecular formula is C15H30N2O2. The SMILES string of the molecule is CCCCCCN(CCO)C(=O)C1(CC)CCCN1. The molecule has 4 nitrogen and oxygen atoms in total. The van der Waals surface area contributed by atoms with Crippen LogP contribution in [0.3, 0.4) is 0 Å². The van der Waals surface area contributed by atoms with Gasteiger partial charge in [0.05, 0.1) is 12.1 Å². The van der Waals surface area contributed by atoms with E-state index in [1.54, 1.807) is 0 Å². The lowest BCUT2D eigenvalue weighted by Gasteiger charge is -2.33. The van der Waals surface area contributed by atoms with Gasteiger partial charge >= 0.3 is 0 Å². The molecule has 0 spiro atoms. The summed E-state index contributed by atoms with van der Waals surface area (Å²) in [5, 5.41) is 12.6. The first-order valence-corrected chi connectivity index (χ1v) is 7.85. The molecule has 1 amide bonds. The van der Waals surface area contributed by atoms with Gasteiger partial charge in [-0.15, -0.1) is 0 Å². The van der Waals surface area contributed by atoms with E-state index in [1.165, 1.54) is 12.8 Å². The standard InChI is InChI=1S/C15H30N2O2/c1-3-5-6-7-11-17(12-13-18)14(19)15(4-2)9-8-10-16-15/h16,18H,3-13H2,1-2H3. The highest BCUT2D eigenvalue weighted by molar-refractivity contribution is 5.86. The third-order valence-corrected chi connectivity index (χ3v) is 4.20. The lowest BCUT2D eigenvalue weighted by atomic mass is 9.92. The number of nitrogens with zero attached hydrogens (tertiary/aromatic N) is 1. The zero-order valence-electron chi connectivity index (χ0n) is 12.6. The molecule has 0 aromatic rings. The first-order chi connectivity index (χ1) is 9.20. The summed E-state index contributed by atoms with van der Waals surface area (Å²) in [5.41, 5.74) is -0.361. The molecule has 1 aliphatic rings. The second-order valence-corrected chi connectivity index (χ2v) is 5.54. The monoisotopic (exact) mass is 270 g/mol. The van der Waals surface area contributed by atoms with Gasteiger partial charge in [0.15, 0.2) is 0 Å². The fraction of sp³-hybridized carbons (Fsp3) is 0.933. The Bertz CT molecular complexity index is 263. The van der Waals surface area contributed by atoms with Crippen molar-refractivity contribution < 1.29 is 9.90 Å². The Balaban J connectivity index is 2.55. The Hall–Kier alpha value is -0.610. The molecule has 112 valence electrons. The molecule has 1 aliphatic heterocycles. The molecule has 0 aromatic heterocycles. The molecule has 0 radical (unpaired) electrons. The number of nitrogens with one attached hydrogen (secondary N) is 1. The summed E-state index contributed by atoms with van der Waals surface area (Å²) >= 11 is 0. The summed E-state index contributed by atoms with van der Waals surface area (Å²) < 4.78 is 0. The Labute approximate surface area is 117 Å². The lowest BCUT2D eigenvalue weighted by Crippen LogP contribution is -2.55. The second-order valence-electron chi connectivity index (χ2n) is 5.54. The third kappa shape index (κ3) is 4.46. The van der Waals surface area contributed by atoms with Crippen molar-refractivity contribution in [3.05, 3.63) is 0 Å². The Morgan fingerprint density at radius 3 is 2.58 bits per heavy atom. The first kappa shape index (κ1) is 16.4. The van der Waals surface area contributed by atoms with E-state index in [4.69, 9.17) is 0 Å². The average molecular weight is 270 g/mol. The number of carbonyl (C=O) groups is 1. The predicted molar refractivity (Wildman–Crippen MR) is 78.1 cm³/mol. The Morgan fingerprint density at radius 1 is 1.26 bits per heavy atom. The number of aliphatic hydroxyl groups excluding tert-OH is 1. The van der Waals surface area contributed by atoms with Crippen molar-refractivity contribution in [3.8, 4) is 0 Å². The average Bonchev–Trinajstić information content (AvgIpc) is 2.91. The van der Waals surface area contributed by atoms with Crippen molar-refractivity contribution in [2.75, 3.05) is 26.2 Å². The van der Waals surface area contributed by atoms with E-state index >= 15 is 0 Å². The van der Waals surface area contributed by atoms with Gasteiger partial charge in [-0.3, -0.25) is 4.79 Å². The summed E-state index contributed by atoms with van der Waals surface area (Å²) in [7, 11) is 0. The number of carbonyl (C=O) groups excluding carboxylic acids is 1. The quantitative estimate of drug-likeness (QED) is 0.629. The van der Waals surface area contributed by atoms with Crippen LogP contribution >= 0.6 is 0 Å². The van der Waals surface area contributed by atoms with Gasteiger partial charge in [0.25, 0.3) is 0 Å². The van der Waals surface area contributed by atoms with Crippen LogP contribution < -0.4 is 5.32 Å². The summed E-state index contributed by atoms with van der Waals surface area (Å²) in [6.07, 6.45) is 7.47. The minimum atomic E-state index is -0.361. The highest BCUT2D eigenvalue weighted by atomic mass is 16.3. The summed E-state index contributed by atoms with van der Waals surface area (Å²) in [6, 6.07) is 0. The van der Waals surface area contributed by atoms with E-state index in [0.29, 0.717) is 6.54 Å². The van der Waals surface area contributed by atoms with E-state index in [9.17, 15) is 9.90 Å². The lowest BCUT2D eigenvalue weighted by molar-refractivity contribution is -0.138. The predicted octanol–water partition coefficient (Wildman–Crippen LogP) is 1.92. The molecule has 1 saturated heterocycles. The number of aliphatic hydroxyl groups is 1. The number of hydrogen-bond donors (Lipinski definition) is 2. The van der Waals surface area contributed by atoms with Gasteiger partial charge in [0.2, 0.25) is 5.91 Å². The van der Waals surface area contributed by atoms with Crippen molar-refractivity contribution in [3.63, 3.8) is 0 Å². The molecule has 0 aliphatic carbocycles. The van der Waals surface area contributed by atoms with Crippen LogP contribution in [0.1, 0.15) is 58.8 Å². The normalized spacial score (nSPS) is 22.7. The molecular weight excluding hydrogens is 240 g/mol. The molecule has 4 heteroatoms. The van der Waals surface area contributed by atoms with E-state index in [-0.39, 0.29) is 18.1 Å². The van der Waals surface area contributed by atoms with Crippen molar-refractivity contribution in [1.82, 2.24) is 10.2 Å². The Kier molecular flexibility index (Phi) is 7.39. The van der Waals surface area contributed by atoms with Crippen LogP contribution in [-0.2, 0) is 4.79 Å². The number of rotatable bonds is 9. The molecule has 1 fully saturated rings. The molecule has 0 aromatic carbocycles. The minimum Gasteiger partial charge on any atom is -0.395 e. The van der Waals surface area contributed by atoms with E-state index < -0.39 is 0 Å². The summed E-state index contributed by atoms with van der Waals surface area (Å²) in [5.74, 6) is 0.193. The van der Waals surface area contributed by atoms with Crippen molar-refractivity contribution in [1.29, 1.82) is 0 Å². The van der Waals surface area contributed by atoms with Crippen molar-refractivity contribution in [2.45, 2.75) is 64.3 Å². The minimum absolute atomic E-state index is 0.0549. The molecule has 1 unspecified atom stereocenters. The van der Waals surface area contributed by atoms with Crippen molar-refractivity contribution >= 4 is 5.91 Å². The fourth-order valence-electron chi connectivity index (χ4n) is 2.91. The van der Waals surface area contributed by atoms with Crippen LogP contribution in [0.2, 0.25) is 0 Å². The number of unbranched alkanes of at least 4 members (excludes halogenated alkanes) is 3. The van der Waals surface area contributed by atoms with Crippen molar-refractivity contribution in [2.24, 2.45) is 0 Å². The van der Waals surface area contributed by atoms with Crippen LogP contribution in [0.15, 0.2) is 0 Å². The van der Waals surface area contributed by atoms with Crippen LogP contribution in [0.5, 0.6) is 0 Å². The number of hydrogen-bond acceptors (Lipinski definition) is 3. The fourth-order valence-corrected chi connectivity index (χ4v) is 2.91. The largest absolute Gasteiger partial charge is 0.395 e. The highest BCUT2D eigenvalue weighted by Crippen LogP contribution is 2.25. The topological polar surface area (TPSA) is 52.6 Å². The summed E-state index contributed by atoms with van der Waals surface area (Å²) in [6.45, 7) is 6.49. The molecule has 1 rings (SSSR count). The van der Waals surface area contributed by atoms with Crippen LogP contribution in [0, 0.1) is 0 Å². The zero-order valence-corrected chi connectivity index (χ0v) is 12.6. The van der Waals surface area contributed by atoms with Gasteiger partial charge in [-0.25, -0.2) is 0 Å². The van der Waals surface area contributed by atoms with Gasteiger partial charge in [-0.2, -0.15) is 0 Å². The van der Waals surface area contributed by atoms with Crippen LogP contribution in [-0.4, -0.2) is 47.7 Å². The molecule has 1 heterocycles. The second kappa shape index (κ2) is 8.54. The van der Waals surface area contributed by atoms with Crippen LogP contribution in [0.25, 0.3) is 0 Å². The van der Waals surface area contributed by atoms with E-state index in [0.717, 1.165) is 45.2 Å². The zero-order chi connectivity index (χ0) is 14.1. The van der Waals surface area contributed by atoms with Gasteiger partial charge in [-0.05, 0) is 32.2 Å². The molecule has 0 bridgehead atoms. The van der Waals surface area contributed by atoms with Gasteiger partial charge in [0.1, 0.15) is 0 Å². The first-order valence-electron chi connectivity index (χ1n) is 7.85. The maximum Gasteiger partial charge on any atom is 0.242 e. The summed E-state index contributed by atoms with van der Waals surface area (Å²) in [4.78, 5) is 14.6. The van der Waals surface area contributed by atoms with Gasteiger partial charge < -0.3 is 15.3 Å². The Morgan fingerprint density at radius 2 is 2.05 bits per heavy atom.